The Labute approximate surface area is 151 Å². The molecule has 134 valence electrons. The predicted octanol–water partition coefficient (Wildman–Crippen LogP) is 7.84. The van der Waals surface area contributed by atoms with Crippen molar-refractivity contribution in [1.82, 2.24) is 0 Å². The van der Waals surface area contributed by atoms with Crippen LogP contribution >= 0.6 is 0 Å². The maximum absolute atomic E-state index is 5.42. The van der Waals surface area contributed by atoms with Gasteiger partial charge in [0.15, 0.2) is 0 Å². The molecule has 0 saturated carbocycles. The van der Waals surface area contributed by atoms with E-state index in [0.29, 0.717) is 0 Å². The molecule has 2 aromatic carbocycles. The van der Waals surface area contributed by atoms with Gasteiger partial charge in [-0.3, -0.25) is 0 Å². The Morgan fingerprint density at radius 1 is 0.600 bits per heavy atom. The first-order valence-electron chi connectivity index (χ1n) is 9.02. The standard InChI is InChI=1S/C10H10O.C9H8O.2C2H6/c1-7-3-4-10-9(5-7)6-8(2)11-10;1-7-2-3-9-8(6-7)4-5-10-9;2*1-2/h3-6H,1-2H3;2-6H,1H3;2*1-2H3. The van der Waals surface area contributed by atoms with Crippen LogP contribution < -0.4 is 0 Å². The first kappa shape index (κ1) is 20.6. The highest BCUT2D eigenvalue weighted by molar-refractivity contribution is 5.78. The molecule has 0 unspecified atom stereocenters. The molecule has 0 spiro atoms. The molecule has 2 heterocycles. The molecule has 0 bridgehead atoms. The first-order chi connectivity index (χ1) is 12.1. The third-order valence-electron chi connectivity index (χ3n) is 3.40. The minimum absolute atomic E-state index is 0.964. The molecule has 2 heteroatoms. The fourth-order valence-corrected chi connectivity index (χ4v) is 2.38. The molecule has 0 aliphatic carbocycles. The minimum atomic E-state index is 0.964. The lowest BCUT2D eigenvalue weighted by Crippen LogP contribution is -1.67. The third kappa shape index (κ3) is 5.82. The van der Waals surface area contributed by atoms with Crippen molar-refractivity contribution in [2.45, 2.75) is 48.5 Å². The van der Waals surface area contributed by atoms with Gasteiger partial charge in [-0.15, -0.1) is 0 Å². The molecule has 0 N–H and O–H groups in total. The summed E-state index contributed by atoms with van der Waals surface area (Å²) in [6.45, 7) is 14.1. The molecular formula is C23H30O2. The Kier molecular flexibility index (Phi) is 8.55. The van der Waals surface area contributed by atoms with E-state index in [1.54, 1.807) is 6.26 Å². The van der Waals surface area contributed by atoms with Gasteiger partial charge < -0.3 is 8.83 Å². The fourth-order valence-electron chi connectivity index (χ4n) is 2.38. The van der Waals surface area contributed by atoms with E-state index in [9.17, 15) is 0 Å². The Morgan fingerprint density at radius 2 is 1.16 bits per heavy atom. The first-order valence-corrected chi connectivity index (χ1v) is 9.02. The normalized spacial score (nSPS) is 9.40. The second kappa shape index (κ2) is 10.4. The summed E-state index contributed by atoms with van der Waals surface area (Å²) in [7, 11) is 0. The number of hydrogen-bond acceptors (Lipinski definition) is 2. The zero-order valence-electron chi connectivity index (χ0n) is 16.5. The average molecular weight is 338 g/mol. The zero-order chi connectivity index (χ0) is 18.8. The molecule has 0 atom stereocenters. The topological polar surface area (TPSA) is 26.3 Å². The Hall–Kier alpha value is -2.48. The molecule has 4 rings (SSSR count). The van der Waals surface area contributed by atoms with E-state index >= 15 is 0 Å². The van der Waals surface area contributed by atoms with Crippen molar-refractivity contribution in [3.8, 4) is 0 Å². The predicted molar refractivity (Wildman–Crippen MR) is 109 cm³/mol. The van der Waals surface area contributed by atoms with E-state index in [1.807, 2.05) is 58.9 Å². The van der Waals surface area contributed by atoms with Gasteiger partial charge in [-0.2, -0.15) is 0 Å². The molecule has 4 aromatic rings. The number of fused-ring (bicyclic) bond motifs is 2. The molecule has 0 amide bonds. The lowest BCUT2D eigenvalue weighted by Gasteiger charge is -1.89. The lowest BCUT2D eigenvalue weighted by molar-refractivity contribution is 0.578. The van der Waals surface area contributed by atoms with Crippen LogP contribution in [0.3, 0.4) is 0 Å². The molecule has 0 saturated heterocycles. The van der Waals surface area contributed by atoms with E-state index in [-0.39, 0.29) is 0 Å². The SMILES string of the molecule is CC.CC.Cc1ccc2oc(C)cc2c1.Cc1ccc2occc2c1. The highest BCUT2D eigenvalue weighted by Gasteiger charge is 1.98. The second-order valence-corrected chi connectivity index (χ2v) is 5.36. The highest BCUT2D eigenvalue weighted by atomic mass is 16.3. The van der Waals surface area contributed by atoms with Crippen LogP contribution in [0.25, 0.3) is 21.9 Å². The molecule has 2 nitrogen and oxygen atoms in total. The number of rotatable bonds is 0. The maximum Gasteiger partial charge on any atom is 0.134 e. The summed E-state index contributed by atoms with van der Waals surface area (Å²) in [5.74, 6) is 0.977. The van der Waals surface area contributed by atoms with Crippen LogP contribution in [0.1, 0.15) is 44.6 Å². The highest BCUT2D eigenvalue weighted by Crippen LogP contribution is 2.19. The summed E-state index contributed by atoms with van der Waals surface area (Å²) >= 11 is 0. The van der Waals surface area contributed by atoms with Crippen LogP contribution in [0.5, 0.6) is 0 Å². The smallest absolute Gasteiger partial charge is 0.134 e. The van der Waals surface area contributed by atoms with Gasteiger partial charge in [-0.25, -0.2) is 0 Å². The Bertz CT molecular complexity index is 881. The van der Waals surface area contributed by atoms with Crippen LogP contribution in [-0.2, 0) is 0 Å². The second-order valence-electron chi connectivity index (χ2n) is 5.36. The van der Waals surface area contributed by atoms with Gasteiger partial charge in [0.2, 0.25) is 0 Å². The van der Waals surface area contributed by atoms with Crippen molar-refractivity contribution in [2.24, 2.45) is 0 Å². The monoisotopic (exact) mass is 338 g/mol. The van der Waals surface area contributed by atoms with Crippen molar-refractivity contribution in [1.29, 1.82) is 0 Å². The summed E-state index contributed by atoms with van der Waals surface area (Å²) in [5.41, 5.74) is 4.49. The van der Waals surface area contributed by atoms with Crippen molar-refractivity contribution in [2.75, 3.05) is 0 Å². The summed E-state index contributed by atoms with van der Waals surface area (Å²) in [5, 5.41) is 2.38. The Morgan fingerprint density at radius 3 is 1.80 bits per heavy atom. The minimum Gasteiger partial charge on any atom is -0.464 e. The molecular weight excluding hydrogens is 308 g/mol. The molecule has 0 fully saturated rings. The fraction of sp³-hybridized carbons (Fsp3) is 0.304. The third-order valence-corrected chi connectivity index (χ3v) is 3.40. The van der Waals surface area contributed by atoms with E-state index in [1.165, 1.54) is 21.9 Å². The quantitative estimate of drug-likeness (QED) is 0.326. The summed E-state index contributed by atoms with van der Waals surface area (Å²) in [6.07, 6.45) is 1.71. The van der Waals surface area contributed by atoms with Crippen LogP contribution in [0.4, 0.5) is 0 Å². The number of hydrogen-bond donors (Lipinski definition) is 0. The molecule has 25 heavy (non-hydrogen) atoms. The van der Waals surface area contributed by atoms with Gasteiger partial charge >= 0.3 is 0 Å². The average Bonchev–Trinajstić information content (AvgIpc) is 3.23. The van der Waals surface area contributed by atoms with Crippen LogP contribution in [-0.4, -0.2) is 0 Å². The summed E-state index contributed by atoms with van der Waals surface area (Å²) < 4.78 is 10.6. The number of benzene rings is 2. The Balaban J connectivity index is 0.000000210. The van der Waals surface area contributed by atoms with E-state index in [0.717, 1.165) is 16.9 Å². The van der Waals surface area contributed by atoms with E-state index < -0.39 is 0 Å². The summed E-state index contributed by atoms with van der Waals surface area (Å²) in [6, 6.07) is 16.4. The lowest BCUT2D eigenvalue weighted by atomic mass is 10.2. The largest absolute Gasteiger partial charge is 0.464 e. The molecule has 0 radical (unpaired) electrons. The number of aryl methyl sites for hydroxylation is 3. The van der Waals surface area contributed by atoms with Gasteiger partial charge in [-0.05, 0) is 57.2 Å². The van der Waals surface area contributed by atoms with Crippen molar-refractivity contribution in [3.63, 3.8) is 0 Å². The zero-order valence-corrected chi connectivity index (χ0v) is 16.5. The van der Waals surface area contributed by atoms with Crippen LogP contribution in [0, 0.1) is 20.8 Å². The van der Waals surface area contributed by atoms with Gasteiger partial charge in [0.25, 0.3) is 0 Å². The van der Waals surface area contributed by atoms with E-state index in [2.05, 4.69) is 38.1 Å². The molecule has 0 aliphatic heterocycles. The molecule has 0 aliphatic rings. The van der Waals surface area contributed by atoms with E-state index in [4.69, 9.17) is 8.83 Å². The van der Waals surface area contributed by atoms with Gasteiger partial charge in [0.05, 0.1) is 6.26 Å². The molecule has 2 aromatic heterocycles. The van der Waals surface area contributed by atoms with Crippen molar-refractivity contribution in [3.05, 3.63) is 71.7 Å². The summed E-state index contributed by atoms with van der Waals surface area (Å²) in [4.78, 5) is 0. The number of furan rings is 2. The van der Waals surface area contributed by atoms with Crippen molar-refractivity contribution >= 4 is 21.9 Å². The van der Waals surface area contributed by atoms with Gasteiger partial charge in [-0.1, -0.05) is 51.0 Å². The van der Waals surface area contributed by atoms with Crippen molar-refractivity contribution < 1.29 is 8.83 Å². The van der Waals surface area contributed by atoms with Gasteiger partial charge in [0.1, 0.15) is 16.9 Å². The maximum atomic E-state index is 5.42. The van der Waals surface area contributed by atoms with Crippen LogP contribution in [0.2, 0.25) is 0 Å². The van der Waals surface area contributed by atoms with Gasteiger partial charge in [0, 0.05) is 10.8 Å². The van der Waals surface area contributed by atoms with Crippen LogP contribution in [0.15, 0.2) is 63.6 Å².